The van der Waals surface area contributed by atoms with Crippen molar-refractivity contribution in [1.29, 1.82) is 0 Å². The topological polar surface area (TPSA) is 55.1 Å². The summed E-state index contributed by atoms with van der Waals surface area (Å²) in [7, 11) is 0. The van der Waals surface area contributed by atoms with Gasteiger partial charge in [0.05, 0.1) is 16.6 Å². The monoisotopic (exact) mass is 268 g/mol. The van der Waals surface area contributed by atoms with Crippen LogP contribution in [0.5, 0.6) is 0 Å². The Bertz CT molecular complexity index is 344. The minimum Gasteiger partial charge on any atom is -0.351 e. The number of amides is 1. The molecule has 1 aromatic rings. The molecule has 0 saturated carbocycles. The third-order valence-corrected chi connectivity index (χ3v) is 2.40. The van der Waals surface area contributed by atoms with Crippen LogP contribution in [0.1, 0.15) is 5.56 Å². The maximum atomic E-state index is 10.8. The molecule has 0 atom stereocenters. The lowest BCUT2D eigenvalue weighted by molar-refractivity contribution is -0.119. The summed E-state index contributed by atoms with van der Waals surface area (Å²) < 4.78 is 0. The van der Waals surface area contributed by atoms with Gasteiger partial charge in [-0.25, -0.2) is 0 Å². The molecule has 0 aliphatic heterocycles. The molecule has 0 saturated heterocycles. The first kappa shape index (κ1) is 14.5. The van der Waals surface area contributed by atoms with E-state index >= 15 is 0 Å². The summed E-state index contributed by atoms with van der Waals surface area (Å²) in [6, 6.07) is 5.19. The first-order valence-electron chi connectivity index (χ1n) is 4.04. The van der Waals surface area contributed by atoms with Gasteiger partial charge in [-0.1, -0.05) is 29.3 Å². The summed E-state index contributed by atoms with van der Waals surface area (Å²) >= 11 is 11.5. The van der Waals surface area contributed by atoms with E-state index in [1.54, 1.807) is 18.2 Å². The highest BCUT2D eigenvalue weighted by Crippen LogP contribution is 2.22. The van der Waals surface area contributed by atoms with Crippen LogP contribution < -0.4 is 11.1 Å². The van der Waals surface area contributed by atoms with Gasteiger partial charge in [-0.3, -0.25) is 4.79 Å². The summed E-state index contributed by atoms with van der Waals surface area (Å²) in [4.78, 5) is 10.8. The predicted molar refractivity (Wildman–Crippen MR) is 64.6 cm³/mol. The van der Waals surface area contributed by atoms with Gasteiger partial charge < -0.3 is 11.1 Å². The van der Waals surface area contributed by atoms with Crippen molar-refractivity contribution < 1.29 is 4.79 Å². The van der Waals surface area contributed by atoms with Gasteiger partial charge in [0, 0.05) is 6.54 Å². The van der Waals surface area contributed by atoms with Gasteiger partial charge in [0.2, 0.25) is 5.91 Å². The van der Waals surface area contributed by atoms with Crippen molar-refractivity contribution in [1.82, 2.24) is 5.32 Å². The molecule has 6 heteroatoms. The van der Waals surface area contributed by atoms with Crippen molar-refractivity contribution in [2.24, 2.45) is 5.73 Å². The minimum atomic E-state index is -0.198. The first-order chi connectivity index (χ1) is 6.63. The number of hydrogen-bond acceptors (Lipinski definition) is 2. The van der Waals surface area contributed by atoms with Crippen LogP contribution in [-0.2, 0) is 11.3 Å². The second-order valence-electron chi connectivity index (χ2n) is 2.73. The lowest BCUT2D eigenvalue weighted by Crippen LogP contribution is -2.29. The van der Waals surface area contributed by atoms with Crippen LogP contribution in [0.15, 0.2) is 18.2 Å². The molecule has 0 aliphatic rings. The van der Waals surface area contributed by atoms with Crippen molar-refractivity contribution in [3.8, 4) is 0 Å². The van der Waals surface area contributed by atoms with Gasteiger partial charge in [0.25, 0.3) is 0 Å². The Balaban J connectivity index is 0.00000196. The maximum absolute atomic E-state index is 10.8. The van der Waals surface area contributed by atoms with Crippen LogP contribution in [0.2, 0.25) is 10.0 Å². The number of benzene rings is 1. The van der Waals surface area contributed by atoms with E-state index in [1.165, 1.54) is 0 Å². The van der Waals surface area contributed by atoms with Crippen molar-refractivity contribution >= 4 is 41.5 Å². The van der Waals surface area contributed by atoms with Crippen LogP contribution in [-0.4, -0.2) is 12.5 Å². The predicted octanol–water partition coefficient (Wildman–Crippen LogP) is 1.99. The van der Waals surface area contributed by atoms with Gasteiger partial charge in [-0.15, -0.1) is 12.4 Å². The van der Waals surface area contributed by atoms with Crippen molar-refractivity contribution in [3.63, 3.8) is 0 Å². The Morgan fingerprint density at radius 1 is 1.33 bits per heavy atom. The number of carbonyl (C=O) groups is 1. The van der Waals surface area contributed by atoms with E-state index in [4.69, 9.17) is 28.9 Å². The zero-order chi connectivity index (χ0) is 10.6. The smallest absolute Gasteiger partial charge is 0.234 e. The highest BCUT2D eigenvalue weighted by molar-refractivity contribution is 6.42. The average Bonchev–Trinajstić information content (AvgIpc) is 2.19. The highest BCUT2D eigenvalue weighted by atomic mass is 35.5. The second kappa shape index (κ2) is 6.90. The molecule has 3 N–H and O–H groups in total. The molecule has 0 bridgehead atoms. The molecule has 1 rings (SSSR count). The Kier molecular flexibility index (Phi) is 6.68. The lowest BCUT2D eigenvalue weighted by Gasteiger charge is -2.04. The molecule has 0 aromatic heterocycles. The van der Waals surface area contributed by atoms with Gasteiger partial charge in [0.1, 0.15) is 0 Å². The Hall–Kier alpha value is -0.480. The summed E-state index contributed by atoms with van der Waals surface area (Å²) in [6.45, 7) is 0.397. The fourth-order valence-corrected chi connectivity index (χ4v) is 1.24. The van der Waals surface area contributed by atoms with Crippen LogP contribution in [0.4, 0.5) is 0 Å². The fourth-order valence-electron chi connectivity index (χ4n) is 0.922. The zero-order valence-electron chi connectivity index (χ0n) is 7.80. The first-order valence-corrected chi connectivity index (χ1v) is 4.79. The normalized spacial score (nSPS) is 9.27. The third kappa shape index (κ3) is 4.71. The molecule has 0 heterocycles. The van der Waals surface area contributed by atoms with E-state index in [9.17, 15) is 4.79 Å². The molecule has 3 nitrogen and oxygen atoms in total. The largest absolute Gasteiger partial charge is 0.351 e. The number of nitrogens with two attached hydrogens (primary N) is 1. The molecular formula is C9H11Cl3N2O. The molecule has 0 radical (unpaired) electrons. The van der Waals surface area contributed by atoms with Gasteiger partial charge in [-0.05, 0) is 17.7 Å². The number of nitrogens with one attached hydrogen (secondary N) is 1. The fraction of sp³-hybridized carbons (Fsp3) is 0.222. The van der Waals surface area contributed by atoms with Crippen LogP contribution in [0.25, 0.3) is 0 Å². The molecule has 1 amide bonds. The van der Waals surface area contributed by atoms with Gasteiger partial charge in [0.15, 0.2) is 0 Å². The van der Waals surface area contributed by atoms with E-state index in [0.717, 1.165) is 5.56 Å². The summed E-state index contributed by atoms with van der Waals surface area (Å²) in [5.41, 5.74) is 6.02. The molecule has 15 heavy (non-hydrogen) atoms. The van der Waals surface area contributed by atoms with Crippen LogP contribution >= 0.6 is 35.6 Å². The second-order valence-corrected chi connectivity index (χ2v) is 3.54. The number of rotatable bonds is 3. The Labute approximate surface area is 104 Å². The van der Waals surface area contributed by atoms with E-state index < -0.39 is 0 Å². The summed E-state index contributed by atoms with van der Waals surface area (Å²) in [5.74, 6) is -0.198. The summed E-state index contributed by atoms with van der Waals surface area (Å²) in [6.07, 6.45) is 0. The number of carbonyl (C=O) groups excluding carboxylic acids is 1. The molecule has 0 spiro atoms. The Morgan fingerprint density at radius 2 is 2.00 bits per heavy atom. The average molecular weight is 270 g/mol. The molecule has 0 fully saturated rings. The molecular weight excluding hydrogens is 258 g/mol. The number of halogens is 3. The van der Waals surface area contributed by atoms with E-state index in [1.807, 2.05) is 0 Å². The van der Waals surface area contributed by atoms with E-state index in [-0.39, 0.29) is 24.9 Å². The quantitative estimate of drug-likeness (QED) is 0.882. The van der Waals surface area contributed by atoms with Crippen LogP contribution in [0.3, 0.4) is 0 Å². The summed E-state index contributed by atoms with van der Waals surface area (Å²) in [5, 5.41) is 3.61. The maximum Gasteiger partial charge on any atom is 0.234 e. The zero-order valence-corrected chi connectivity index (χ0v) is 10.1. The van der Waals surface area contributed by atoms with Crippen molar-refractivity contribution in [2.75, 3.05) is 6.54 Å². The van der Waals surface area contributed by atoms with Gasteiger partial charge in [-0.2, -0.15) is 0 Å². The third-order valence-electron chi connectivity index (χ3n) is 1.66. The minimum absolute atomic E-state index is 0. The van der Waals surface area contributed by atoms with E-state index in [0.29, 0.717) is 16.6 Å². The van der Waals surface area contributed by atoms with Crippen molar-refractivity contribution in [3.05, 3.63) is 33.8 Å². The highest BCUT2D eigenvalue weighted by Gasteiger charge is 2.01. The molecule has 0 aliphatic carbocycles. The van der Waals surface area contributed by atoms with E-state index in [2.05, 4.69) is 5.32 Å². The molecule has 1 aromatic carbocycles. The Morgan fingerprint density at radius 3 is 2.53 bits per heavy atom. The van der Waals surface area contributed by atoms with Gasteiger partial charge >= 0.3 is 0 Å². The number of hydrogen-bond donors (Lipinski definition) is 2. The standard InChI is InChI=1S/C9H10Cl2N2O.ClH/c10-7-2-1-6(3-8(7)11)5-13-9(14)4-12;/h1-3H,4-5,12H2,(H,13,14);1H. The lowest BCUT2D eigenvalue weighted by atomic mass is 10.2. The molecule has 84 valence electrons. The molecule has 0 unspecified atom stereocenters. The SMILES string of the molecule is Cl.NCC(=O)NCc1ccc(Cl)c(Cl)c1. The van der Waals surface area contributed by atoms with Crippen LogP contribution in [0, 0.1) is 0 Å². The van der Waals surface area contributed by atoms with Crippen molar-refractivity contribution in [2.45, 2.75) is 6.54 Å².